The molecule has 1 aromatic carbocycles. The van der Waals surface area contributed by atoms with Crippen LogP contribution in [0, 0.1) is 11.6 Å². The number of aromatic amines is 1. The van der Waals surface area contributed by atoms with Gasteiger partial charge >= 0.3 is 0 Å². The van der Waals surface area contributed by atoms with Gasteiger partial charge in [0.1, 0.15) is 11.5 Å². The van der Waals surface area contributed by atoms with Crippen LogP contribution in [0.1, 0.15) is 15.9 Å². The summed E-state index contributed by atoms with van der Waals surface area (Å²) in [5.74, 6) is -3.55. The lowest BCUT2D eigenvalue weighted by Gasteiger charge is -2.11. The monoisotopic (exact) mass is 448 g/mol. The lowest BCUT2D eigenvalue weighted by atomic mass is 10.0. The van der Waals surface area contributed by atoms with Gasteiger partial charge in [-0.25, -0.2) is 18.7 Å². The number of ketones is 1. The highest BCUT2D eigenvalue weighted by Gasteiger charge is 2.27. The minimum atomic E-state index is -4.26. The third-order valence-corrected chi connectivity index (χ3v) is 5.84. The molecule has 2 N–H and O–H groups in total. The summed E-state index contributed by atoms with van der Waals surface area (Å²) in [4.78, 5) is 23.3. The fraction of sp³-hybridized carbons (Fsp3) is 0. The summed E-state index contributed by atoms with van der Waals surface area (Å²) in [6.07, 6.45) is 3.89. The summed E-state index contributed by atoms with van der Waals surface area (Å²) in [6, 6.07) is 7.25. The molecule has 4 aromatic rings. The normalized spacial score (nSPS) is 11.6. The van der Waals surface area contributed by atoms with Crippen molar-refractivity contribution >= 4 is 44.1 Å². The van der Waals surface area contributed by atoms with E-state index in [1.807, 2.05) is 4.72 Å². The summed E-state index contributed by atoms with van der Waals surface area (Å²) in [7, 11) is -4.26. The van der Waals surface area contributed by atoms with E-state index in [9.17, 15) is 17.6 Å². The van der Waals surface area contributed by atoms with Crippen LogP contribution in [0.25, 0.3) is 11.0 Å². The standard InChI is InChI=1S/C19H11ClF2N4O3S/c20-11-6-8-24-19-15(11)10(9-25-19)18(27)16-12(21)4-5-13(17(16)22)26-30(28,29)14-3-1-2-7-23-14/h1-9,26H,(H,24,25). The lowest BCUT2D eigenvalue weighted by Crippen LogP contribution is -2.17. The Labute approximate surface area is 173 Å². The Bertz CT molecular complexity index is 1390. The number of sulfonamides is 1. The van der Waals surface area contributed by atoms with E-state index in [-0.39, 0.29) is 26.6 Å². The molecule has 3 heterocycles. The van der Waals surface area contributed by atoms with Gasteiger partial charge in [0.15, 0.2) is 10.8 Å². The van der Waals surface area contributed by atoms with E-state index in [1.165, 1.54) is 42.9 Å². The lowest BCUT2D eigenvalue weighted by molar-refractivity contribution is 0.103. The molecule has 7 nitrogen and oxygen atoms in total. The number of anilines is 1. The van der Waals surface area contributed by atoms with Gasteiger partial charge < -0.3 is 4.98 Å². The van der Waals surface area contributed by atoms with Crippen molar-refractivity contribution in [2.24, 2.45) is 0 Å². The van der Waals surface area contributed by atoms with Gasteiger partial charge in [-0.1, -0.05) is 17.7 Å². The van der Waals surface area contributed by atoms with Crippen molar-refractivity contribution < 1.29 is 22.0 Å². The molecular formula is C19H11ClF2N4O3S. The Kier molecular flexibility index (Phi) is 4.96. The number of halogens is 3. The number of nitrogens with one attached hydrogen (secondary N) is 2. The van der Waals surface area contributed by atoms with E-state index in [4.69, 9.17) is 11.6 Å². The van der Waals surface area contributed by atoms with Crippen molar-refractivity contribution in [2.45, 2.75) is 5.03 Å². The molecule has 152 valence electrons. The highest BCUT2D eigenvalue weighted by Crippen LogP contribution is 2.30. The smallest absolute Gasteiger partial charge is 0.279 e. The molecule has 0 aliphatic rings. The minimum Gasteiger partial charge on any atom is -0.345 e. The highest BCUT2D eigenvalue weighted by molar-refractivity contribution is 7.92. The first-order chi connectivity index (χ1) is 14.3. The van der Waals surface area contributed by atoms with E-state index >= 15 is 4.39 Å². The molecule has 0 atom stereocenters. The Morgan fingerprint density at radius 3 is 2.60 bits per heavy atom. The molecule has 30 heavy (non-hydrogen) atoms. The second-order valence-corrected chi connectivity index (χ2v) is 8.14. The third kappa shape index (κ3) is 3.40. The third-order valence-electron chi connectivity index (χ3n) is 4.24. The van der Waals surface area contributed by atoms with Gasteiger partial charge in [-0.15, -0.1) is 0 Å². The maximum absolute atomic E-state index is 15.1. The average Bonchev–Trinajstić information content (AvgIpc) is 3.16. The number of benzene rings is 1. The molecule has 0 fully saturated rings. The number of nitrogens with zero attached hydrogens (tertiary/aromatic N) is 2. The van der Waals surface area contributed by atoms with Crippen molar-refractivity contribution in [3.05, 3.63) is 82.8 Å². The summed E-state index contributed by atoms with van der Waals surface area (Å²) >= 11 is 6.10. The van der Waals surface area contributed by atoms with Gasteiger partial charge in [-0.3, -0.25) is 9.52 Å². The maximum atomic E-state index is 15.1. The molecule has 4 rings (SSSR count). The highest BCUT2D eigenvalue weighted by atomic mass is 35.5. The van der Waals surface area contributed by atoms with E-state index in [0.29, 0.717) is 0 Å². The van der Waals surface area contributed by atoms with Crippen LogP contribution in [0.4, 0.5) is 14.5 Å². The predicted molar refractivity (Wildman–Crippen MR) is 106 cm³/mol. The second kappa shape index (κ2) is 7.47. The van der Waals surface area contributed by atoms with Crippen LogP contribution >= 0.6 is 11.6 Å². The largest absolute Gasteiger partial charge is 0.345 e. The number of pyridine rings is 2. The van der Waals surface area contributed by atoms with Gasteiger partial charge in [0.25, 0.3) is 10.0 Å². The van der Waals surface area contributed by atoms with E-state index in [0.717, 1.165) is 12.1 Å². The zero-order valence-electron chi connectivity index (χ0n) is 14.9. The number of carbonyl (C=O) groups is 1. The average molecular weight is 449 g/mol. The molecule has 0 unspecified atom stereocenters. The summed E-state index contributed by atoms with van der Waals surface area (Å²) < 4.78 is 56.3. The van der Waals surface area contributed by atoms with Gasteiger partial charge in [0, 0.05) is 24.0 Å². The van der Waals surface area contributed by atoms with Crippen molar-refractivity contribution in [2.75, 3.05) is 4.72 Å². The quantitative estimate of drug-likeness (QED) is 0.450. The molecule has 0 saturated heterocycles. The van der Waals surface area contributed by atoms with Crippen LogP contribution in [-0.4, -0.2) is 29.2 Å². The molecule has 0 radical (unpaired) electrons. The van der Waals surface area contributed by atoms with Crippen molar-refractivity contribution in [3.63, 3.8) is 0 Å². The molecule has 0 amide bonds. The molecule has 0 aliphatic heterocycles. The number of aromatic nitrogens is 3. The fourth-order valence-corrected chi connectivity index (χ4v) is 4.13. The van der Waals surface area contributed by atoms with Crippen molar-refractivity contribution in [1.29, 1.82) is 0 Å². The van der Waals surface area contributed by atoms with Crippen LogP contribution < -0.4 is 4.72 Å². The van der Waals surface area contributed by atoms with Gasteiger partial charge in [0.05, 0.1) is 21.8 Å². The van der Waals surface area contributed by atoms with Crippen molar-refractivity contribution in [3.8, 4) is 0 Å². The van der Waals surface area contributed by atoms with E-state index in [1.54, 1.807) is 0 Å². The summed E-state index contributed by atoms with van der Waals surface area (Å²) in [5.41, 5.74) is -1.38. The molecular weight excluding hydrogens is 438 g/mol. The zero-order chi connectivity index (χ0) is 21.5. The van der Waals surface area contributed by atoms with E-state index < -0.39 is 38.7 Å². The van der Waals surface area contributed by atoms with Crippen LogP contribution in [-0.2, 0) is 10.0 Å². The summed E-state index contributed by atoms with van der Waals surface area (Å²) in [6.45, 7) is 0. The minimum absolute atomic E-state index is 0.106. The zero-order valence-corrected chi connectivity index (χ0v) is 16.4. The van der Waals surface area contributed by atoms with Gasteiger partial charge in [0.2, 0.25) is 5.78 Å². The molecule has 0 aliphatic carbocycles. The van der Waals surface area contributed by atoms with Gasteiger partial charge in [-0.05, 0) is 30.3 Å². The van der Waals surface area contributed by atoms with E-state index in [2.05, 4.69) is 15.0 Å². The van der Waals surface area contributed by atoms with Crippen LogP contribution in [0.15, 0.2) is 60.0 Å². The van der Waals surface area contributed by atoms with Crippen LogP contribution in [0.3, 0.4) is 0 Å². The molecule has 0 saturated carbocycles. The predicted octanol–water partition coefficient (Wildman–Crippen LogP) is 3.92. The maximum Gasteiger partial charge on any atom is 0.279 e. The summed E-state index contributed by atoms with van der Waals surface area (Å²) in [5, 5.41) is -0.00375. The molecule has 0 bridgehead atoms. The van der Waals surface area contributed by atoms with Crippen molar-refractivity contribution in [1.82, 2.24) is 15.0 Å². The Balaban J connectivity index is 1.79. The number of hydrogen-bond donors (Lipinski definition) is 2. The van der Waals surface area contributed by atoms with Gasteiger partial charge in [-0.2, -0.15) is 8.42 Å². The molecule has 3 aromatic heterocycles. The topological polar surface area (TPSA) is 105 Å². The molecule has 0 spiro atoms. The Hall–Kier alpha value is -3.37. The number of H-pyrrole nitrogens is 1. The fourth-order valence-electron chi connectivity index (χ4n) is 2.87. The molecule has 11 heteroatoms. The van der Waals surface area contributed by atoms with Crippen LogP contribution in [0.5, 0.6) is 0 Å². The Morgan fingerprint density at radius 1 is 1.07 bits per heavy atom. The SMILES string of the molecule is O=C(c1c(F)ccc(NS(=O)(=O)c2ccccn2)c1F)c1c[nH]c2nccc(Cl)c12. The van der Waals surface area contributed by atoms with Crippen LogP contribution in [0.2, 0.25) is 5.02 Å². The first kappa shape index (κ1) is 19.9. The second-order valence-electron chi connectivity index (χ2n) is 6.11. The Morgan fingerprint density at radius 2 is 1.87 bits per heavy atom. The number of rotatable bonds is 5. The first-order valence-electron chi connectivity index (χ1n) is 8.37. The first-order valence-corrected chi connectivity index (χ1v) is 10.2. The number of hydrogen-bond acceptors (Lipinski definition) is 5. The number of carbonyl (C=O) groups excluding carboxylic acids is 1. The number of fused-ring (bicyclic) bond motifs is 1.